The molecule has 1 fully saturated rings. The molecule has 0 radical (unpaired) electrons. The molecule has 0 unspecified atom stereocenters. The first kappa shape index (κ1) is 20.0. The van der Waals surface area contributed by atoms with Crippen molar-refractivity contribution in [1.82, 2.24) is 9.55 Å². The van der Waals surface area contributed by atoms with Crippen LogP contribution >= 0.6 is 11.8 Å². The lowest BCUT2D eigenvalue weighted by Crippen LogP contribution is -2.36. The van der Waals surface area contributed by atoms with Crippen LogP contribution in [0.25, 0.3) is 16.9 Å². The van der Waals surface area contributed by atoms with Crippen LogP contribution in [-0.4, -0.2) is 22.4 Å². The largest absolute Gasteiger partial charge is 0.497 e. The van der Waals surface area contributed by atoms with Gasteiger partial charge in [-0.1, -0.05) is 54.8 Å². The van der Waals surface area contributed by atoms with Crippen molar-refractivity contribution < 1.29 is 4.74 Å². The number of fused-ring (bicyclic) bond motifs is 4. The Hall–Kier alpha value is -2.97. The maximum Gasteiger partial charge on any atom is 0.262 e. The third kappa shape index (κ3) is 3.26. The van der Waals surface area contributed by atoms with E-state index in [9.17, 15) is 4.79 Å². The quantitative estimate of drug-likeness (QED) is 0.333. The number of thioether (sulfide) groups is 1. The highest BCUT2D eigenvalue weighted by Gasteiger charge is 2.42. The van der Waals surface area contributed by atoms with Crippen LogP contribution in [0.2, 0.25) is 0 Å². The number of nitrogens with zero attached hydrogens (tertiary/aromatic N) is 2. The maximum absolute atomic E-state index is 13.9. The van der Waals surface area contributed by atoms with Gasteiger partial charge in [0.25, 0.3) is 5.56 Å². The molecule has 2 aliphatic carbocycles. The van der Waals surface area contributed by atoms with Crippen molar-refractivity contribution >= 4 is 11.8 Å². The molecule has 0 N–H and O–H groups in total. The van der Waals surface area contributed by atoms with Gasteiger partial charge >= 0.3 is 0 Å². The third-order valence-electron chi connectivity index (χ3n) is 6.59. The van der Waals surface area contributed by atoms with Crippen LogP contribution in [0.15, 0.2) is 58.5 Å². The highest BCUT2D eigenvalue weighted by Crippen LogP contribution is 2.50. The molecule has 5 rings (SSSR count). The second kappa shape index (κ2) is 7.94. The molecule has 4 nitrogen and oxygen atoms in total. The molecule has 1 heterocycles. The fourth-order valence-electron chi connectivity index (χ4n) is 5.16. The van der Waals surface area contributed by atoms with Crippen molar-refractivity contribution in [1.29, 1.82) is 0 Å². The topological polar surface area (TPSA) is 44.1 Å². The monoisotopic (exact) mass is 428 g/mol. The van der Waals surface area contributed by atoms with Crippen LogP contribution in [0, 0.1) is 12.3 Å². The summed E-state index contributed by atoms with van der Waals surface area (Å²) in [6.45, 7) is 0. The molecular weight excluding hydrogens is 404 g/mol. The van der Waals surface area contributed by atoms with Crippen LogP contribution in [-0.2, 0) is 11.8 Å². The number of aromatic nitrogens is 2. The molecule has 0 saturated heterocycles. The summed E-state index contributed by atoms with van der Waals surface area (Å²) in [5.74, 6) is 3.86. The Morgan fingerprint density at radius 1 is 1.16 bits per heavy atom. The zero-order valence-corrected chi connectivity index (χ0v) is 18.4. The van der Waals surface area contributed by atoms with E-state index in [1.165, 1.54) is 30.2 Å². The van der Waals surface area contributed by atoms with E-state index in [4.69, 9.17) is 16.1 Å². The van der Waals surface area contributed by atoms with Gasteiger partial charge in [-0.05, 0) is 49.1 Å². The van der Waals surface area contributed by atoms with E-state index in [0.717, 1.165) is 47.5 Å². The van der Waals surface area contributed by atoms with Crippen molar-refractivity contribution in [2.45, 2.75) is 42.7 Å². The molecule has 0 amide bonds. The van der Waals surface area contributed by atoms with Crippen molar-refractivity contribution in [2.75, 3.05) is 12.9 Å². The third-order valence-corrected chi connectivity index (χ3v) is 7.43. The molecule has 0 aliphatic heterocycles. The molecule has 2 aromatic carbocycles. The van der Waals surface area contributed by atoms with Crippen LogP contribution in [0.5, 0.6) is 5.75 Å². The standard InChI is InChI=1S/C26H24N2O2S/c1-3-16-31-25-27-23-20-8-4-5-9-22(20)26(14-6-7-15-26)17-21(23)24(29)28(25)18-10-12-19(30-2)13-11-18/h1,4-5,8-13H,6-7,14-17H2,2H3. The van der Waals surface area contributed by atoms with E-state index in [1.807, 2.05) is 30.3 Å². The summed E-state index contributed by atoms with van der Waals surface area (Å²) in [7, 11) is 1.63. The fourth-order valence-corrected chi connectivity index (χ4v) is 5.85. The Morgan fingerprint density at radius 3 is 2.61 bits per heavy atom. The van der Waals surface area contributed by atoms with Gasteiger partial charge in [-0.15, -0.1) is 6.42 Å². The molecule has 31 heavy (non-hydrogen) atoms. The lowest BCUT2D eigenvalue weighted by molar-refractivity contribution is 0.414. The second-order valence-electron chi connectivity index (χ2n) is 8.26. The molecule has 2 aliphatic rings. The van der Waals surface area contributed by atoms with Gasteiger partial charge < -0.3 is 4.74 Å². The molecule has 156 valence electrons. The SMILES string of the molecule is C#CCSc1nc2c(c(=O)n1-c1ccc(OC)cc1)CC1(CCCC1)c1ccccc1-2. The number of terminal acetylenes is 1. The van der Waals surface area contributed by atoms with Crippen LogP contribution < -0.4 is 10.3 Å². The first-order valence-electron chi connectivity index (χ1n) is 10.6. The Morgan fingerprint density at radius 2 is 1.90 bits per heavy atom. The molecule has 1 spiro atoms. The molecule has 1 aromatic heterocycles. The summed E-state index contributed by atoms with van der Waals surface area (Å²) in [5, 5.41) is 0.629. The summed E-state index contributed by atoms with van der Waals surface area (Å²) in [6, 6.07) is 16.0. The Balaban J connectivity index is 1.75. The van der Waals surface area contributed by atoms with E-state index in [-0.39, 0.29) is 11.0 Å². The molecule has 0 atom stereocenters. The normalized spacial score (nSPS) is 15.9. The Labute approximate surface area is 186 Å². The smallest absolute Gasteiger partial charge is 0.262 e. The van der Waals surface area contributed by atoms with Gasteiger partial charge in [-0.25, -0.2) is 4.98 Å². The van der Waals surface area contributed by atoms with Gasteiger partial charge in [-0.3, -0.25) is 9.36 Å². The molecule has 1 saturated carbocycles. The van der Waals surface area contributed by atoms with Crippen LogP contribution in [0.1, 0.15) is 36.8 Å². The summed E-state index contributed by atoms with van der Waals surface area (Å²) in [6.07, 6.45) is 10.9. The van der Waals surface area contributed by atoms with Gasteiger partial charge in [0.15, 0.2) is 5.16 Å². The van der Waals surface area contributed by atoms with Gasteiger partial charge in [0.1, 0.15) is 5.75 Å². The highest BCUT2D eigenvalue weighted by molar-refractivity contribution is 7.99. The van der Waals surface area contributed by atoms with E-state index in [1.54, 1.807) is 11.7 Å². The van der Waals surface area contributed by atoms with E-state index >= 15 is 0 Å². The number of rotatable bonds is 4. The molecule has 0 bridgehead atoms. The maximum atomic E-state index is 13.9. The van der Waals surface area contributed by atoms with Crippen LogP contribution in [0.3, 0.4) is 0 Å². The zero-order valence-electron chi connectivity index (χ0n) is 17.6. The lowest BCUT2D eigenvalue weighted by Gasteiger charge is -2.36. The number of hydrogen-bond donors (Lipinski definition) is 0. The highest BCUT2D eigenvalue weighted by atomic mass is 32.2. The summed E-state index contributed by atoms with van der Waals surface area (Å²) in [5.41, 5.74) is 4.93. The zero-order chi connectivity index (χ0) is 21.4. The minimum Gasteiger partial charge on any atom is -0.497 e. The van der Waals surface area contributed by atoms with Crippen molar-refractivity contribution in [2.24, 2.45) is 0 Å². The summed E-state index contributed by atoms with van der Waals surface area (Å²) >= 11 is 1.42. The van der Waals surface area contributed by atoms with Crippen molar-refractivity contribution in [3.05, 3.63) is 70.0 Å². The number of methoxy groups -OCH3 is 1. The van der Waals surface area contributed by atoms with Gasteiger partial charge in [0.05, 0.1) is 24.2 Å². The Kier molecular flexibility index (Phi) is 5.11. The minimum atomic E-state index is 0.00969. The number of ether oxygens (including phenoxy) is 1. The first-order valence-corrected chi connectivity index (χ1v) is 11.6. The number of benzene rings is 2. The second-order valence-corrected chi connectivity index (χ2v) is 9.21. The Bertz CT molecular complexity index is 1230. The average molecular weight is 429 g/mol. The van der Waals surface area contributed by atoms with Gasteiger partial charge in [0.2, 0.25) is 0 Å². The molecule has 5 heteroatoms. The molecule has 3 aromatic rings. The summed E-state index contributed by atoms with van der Waals surface area (Å²) < 4.78 is 7.01. The van der Waals surface area contributed by atoms with Gasteiger partial charge in [0, 0.05) is 16.5 Å². The average Bonchev–Trinajstić information content (AvgIpc) is 3.28. The fraction of sp³-hybridized carbons (Fsp3) is 0.308. The number of hydrogen-bond acceptors (Lipinski definition) is 4. The van der Waals surface area contributed by atoms with Crippen molar-refractivity contribution in [3.8, 4) is 35.0 Å². The van der Waals surface area contributed by atoms with E-state index in [0.29, 0.717) is 10.9 Å². The molecular formula is C26H24N2O2S. The van der Waals surface area contributed by atoms with E-state index in [2.05, 4.69) is 24.1 Å². The van der Waals surface area contributed by atoms with Gasteiger partial charge in [-0.2, -0.15) is 0 Å². The van der Waals surface area contributed by atoms with Crippen LogP contribution in [0.4, 0.5) is 0 Å². The first-order chi connectivity index (χ1) is 15.2. The van der Waals surface area contributed by atoms with E-state index < -0.39 is 0 Å². The van der Waals surface area contributed by atoms with Crippen molar-refractivity contribution in [3.63, 3.8) is 0 Å². The predicted octanol–water partition coefficient (Wildman–Crippen LogP) is 5.00. The minimum absolute atomic E-state index is 0.00969. The lowest BCUT2D eigenvalue weighted by atomic mass is 9.68. The predicted molar refractivity (Wildman–Crippen MR) is 125 cm³/mol. The summed E-state index contributed by atoms with van der Waals surface area (Å²) in [4.78, 5) is 19.0.